The van der Waals surface area contributed by atoms with Gasteiger partial charge in [-0.25, -0.2) is 0 Å². The van der Waals surface area contributed by atoms with Crippen LogP contribution in [-0.2, 0) is 21.4 Å². The van der Waals surface area contributed by atoms with Crippen LogP contribution < -0.4 is 5.32 Å². The highest BCUT2D eigenvalue weighted by molar-refractivity contribution is 6.43. The van der Waals surface area contributed by atoms with E-state index in [0.29, 0.717) is 11.4 Å². The van der Waals surface area contributed by atoms with E-state index in [1.807, 2.05) is 0 Å². The average molecular weight is 295 g/mol. The number of aryl methyl sites for hydroxylation is 2. The lowest BCUT2D eigenvalue weighted by atomic mass is 10.1. The van der Waals surface area contributed by atoms with Crippen LogP contribution in [0.2, 0.25) is 0 Å². The number of hydrogen-bond acceptors (Lipinski definition) is 5. The number of ketones is 1. The first-order valence-corrected chi connectivity index (χ1v) is 6.57. The fourth-order valence-corrected chi connectivity index (χ4v) is 1.83. The summed E-state index contributed by atoms with van der Waals surface area (Å²) in [4.78, 5) is 35.4. The number of ether oxygens (including phenoxy) is 1. The largest absolute Gasteiger partial charge is 0.459 e. The topological polar surface area (TPSA) is 90.3 Å². The first-order chi connectivity index (χ1) is 9.53. The fourth-order valence-electron chi connectivity index (χ4n) is 1.83. The zero-order valence-electron chi connectivity index (χ0n) is 13.2. The Bertz CT molecular complexity index is 582. The quantitative estimate of drug-likeness (QED) is 0.501. The van der Waals surface area contributed by atoms with Gasteiger partial charge in [0.15, 0.2) is 0 Å². The molecular formula is C14H21N3O4. The van der Waals surface area contributed by atoms with Crippen LogP contribution in [0.3, 0.4) is 0 Å². The maximum absolute atomic E-state index is 12.1. The highest BCUT2D eigenvalue weighted by atomic mass is 16.6. The zero-order valence-corrected chi connectivity index (χ0v) is 13.2. The third-order valence-corrected chi connectivity index (χ3v) is 2.76. The molecule has 7 heteroatoms. The standard InChI is InChI=1S/C14H21N3O4/c1-8-11(9(2)17(6)16-8)12(19)13(20)15-7-10(18)21-14(3,4)5/h7H2,1-6H3,(H,15,20). The summed E-state index contributed by atoms with van der Waals surface area (Å²) in [5.74, 6) is -2.15. The summed E-state index contributed by atoms with van der Waals surface area (Å²) in [5.41, 5.74) is 0.707. The summed E-state index contributed by atoms with van der Waals surface area (Å²) >= 11 is 0. The molecule has 0 saturated heterocycles. The smallest absolute Gasteiger partial charge is 0.325 e. The molecule has 1 heterocycles. The van der Waals surface area contributed by atoms with E-state index < -0.39 is 23.3 Å². The molecule has 0 radical (unpaired) electrons. The van der Waals surface area contributed by atoms with Gasteiger partial charge in [-0.15, -0.1) is 0 Å². The van der Waals surface area contributed by atoms with Crippen molar-refractivity contribution in [1.29, 1.82) is 0 Å². The zero-order chi connectivity index (χ0) is 16.4. The molecule has 0 aliphatic heterocycles. The Hall–Kier alpha value is -2.18. The molecule has 0 atom stereocenters. The van der Waals surface area contributed by atoms with Crippen molar-refractivity contribution in [3.05, 3.63) is 17.0 Å². The van der Waals surface area contributed by atoms with Crippen molar-refractivity contribution in [2.75, 3.05) is 6.54 Å². The molecule has 21 heavy (non-hydrogen) atoms. The molecule has 0 spiro atoms. The maximum Gasteiger partial charge on any atom is 0.325 e. The number of rotatable bonds is 4. The minimum absolute atomic E-state index is 0.263. The first-order valence-electron chi connectivity index (χ1n) is 6.57. The van der Waals surface area contributed by atoms with Crippen molar-refractivity contribution in [2.24, 2.45) is 7.05 Å². The summed E-state index contributed by atoms with van der Waals surface area (Å²) in [5, 5.41) is 6.35. The molecule has 1 amide bonds. The van der Waals surface area contributed by atoms with Crippen molar-refractivity contribution in [3.8, 4) is 0 Å². The Morgan fingerprint density at radius 2 is 1.81 bits per heavy atom. The van der Waals surface area contributed by atoms with Crippen LogP contribution in [0.25, 0.3) is 0 Å². The Morgan fingerprint density at radius 3 is 2.24 bits per heavy atom. The number of carbonyl (C=O) groups is 3. The van der Waals surface area contributed by atoms with Gasteiger partial charge in [0.05, 0.1) is 11.3 Å². The van der Waals surface area contributed by atoms with Gasteiger partial charge in [0.25, 0.3) is 11.7 Å². The average Bonchev–Trinajstić information content (AvgIpc) is 2.57. The number of nitrogens with one attached hydrogen (secondary N) is 1. The molecule has 0 unspecified atom stereocenters. The number of nitrogens with zero attached hydrogens (tertiary/aromatic N) is 2. The molecule has 7 nitrogen and oxygen atoms in total. The van der Waals surface area contributed by atoms with Gasteiger partial charge in [-0.1, -0.05) is 0 Å². The predicted molar refractivity (Wildman–Crippen MR) is 75.9 cm³/mol. The van der Waals surface area contributed by atoms with Crippen LogP contribution in [0.1, 0.15) is 42.5 Å². The number of amides is 1. The molecule has 1 rings (SSSR count). The van der Waals surface area contributed by atoms with Gasteiger partial charge in [0.2, 0.25) is 0 Å². The van der Waals surface area contributed by atoms with Gasteiger partial charge < -0.3 is 10.1 Å². The van der Waals surface area contributed by atoms with E-state index in [0.717, 1.165) is 0 Å². The van der Waals surface area contributed by atoms with Gasteiger partial charge in [-0.2, -0.15) is 5.10 Å². The van der Waals surface area contributed by atoms with E-state index in [9.17, 15) is 14.4 Å². The third kappa shape index (κ3) is 4.40. The predicted octanol–water partition coefficient (Wildman–Crippen LogP) is 0.678. The van der Waals surface area contributed by atoms with Gasteiger partial charge in [-0.3, -0.25) is 19.1 Å². The Morgan fingerprint density at radius 1 is 1.24 bits per heavy atom. The molecule has 1 N–H and O–H groups in total. The molecule has 1 aromatic heterocycles. The van der Waals surface area contributed by atoms with Crippen LogP contribution in [-0.4, -0.2) is 39.6 Å². The van der Waals surface area contributed by atoms with Crippen molar-refractivity contribution in [3.63, 3.8) is 0 Å². The summed E-state index contributed by atoms with van der Waals surface area (Å²) in [6, 6.07) is 0. The summed E-state index contributed by atoms with van der Waals surface area (Å²) in [6.45, 7) is 8.18. The fraction of sp³-hybridized carbons (Fsp3) is 0.571. The lowest BCUT2D eigenvalue weighted by Crippen LogP contribution is -2.38. The van der Waals surface area contributed by atoms with E-state index in [4.69, 9.17) is 4.74 Å². The van der Waals surface area contributed by atoms with Gasteiger partial charge in [0, 0.05) is 12.7 Å². The van der Waals surface area contributed by atoms with Crippen LogP contribution in [0, 0.1) is 13.8 Å². The lowest BCUT2D eigenvalue weighted by molar-refractivity contribution is -0.154. The summed E-state index contributed by atoms with van der Waals surface area (Å²) in [6.07, 6.45) is 0. The van der Waals surface area contributed by atoms with E-state index >= 15 is 0 Å². The highest BCUT2D eigenvalue weighted by Gasteiger charge is 2.25. The number of carbonyl (C=O) groups excluding carboxylic acids is 3. The molecule has 0 fully saturated rings. The van der Waals surface area contributed by atoms with Crippen LogP contribution in [0.5, 0.6) is 0 Å². The normalized spacial score (nSPS) is 11.1. The number of Topliss-reactive ketones (excluding diaryl/α,β-unsaturated/α-hetero) is 1. The van der Waals surface area contributed by atoms with Crippen molar-refractivity contribution >= 4 is 17.7 Å². The van der Waals surface area contributed by atoms with E-state index in [1.165, 1.54) is 4.68 Å². The molecular weight excluding hydrogens is 274 g/mol. The monoisotopic (exact) mass is 295 g/mol. The van der Waals surface area contributed by atoms with E-state index in [1.54, 1.807) is 41.7 Å². The van der Waals surface area contributed by atoms with Gasteiger partial charge in [-0.05, 0) is 34.6 Å². The third-order valence-electron chi connectivity index (χ3n) is 2.76. The van der Waals surface area contributed by atoms with Crippen LogP contribution in [0.4, 0.5) is 0 Å². The van der Waals surface area contributed by atoms with Gasteiger partial charge >= 0.3 is 5.97 Å². The number of aromatic nitrogens is 2. The maximum atomic E-state index is 12.1. The van der Waals surface area contributed by atoms with Gasteiger partial charge in [0.1, 0.15) is 12.1 Å². The Balaban J connectivity index is 2.68. The lowest BCUT2D eigenvalue weighted by Gasteiger charge is -2.19. The van der Waals surface area contributed by atoms with Crippen molar-refractivity contribution < 1.29 is 19.1 Å². The molecule has 1 aromatic rings. The van der Waals surface area contributed by atoms with E-state index in [2.05, 4.69) is 10.4 Å². The molecule has 0 saturated carbocycles. The van der Waals surface area contributed by atoms with E-state index in [-0.39, 0.29) is 12.1 Å². The first kappa shape index (κ1) is 16.9. The SMILES string of the molecule is Cc1nn(C)c(C)c1C(=O)C(=O)NCC(=O)OC(C)(C)C. The number of hydrogen-bond donors (Lipinski definition) is 1. The van der Waals surface area contributed by atoms with Crippen LogP contribution in [0.15, 0.2) is 0 Å². The van der Waals surface area contributed by atoms with Crippen LogP contribution >= 0.6 is 0 Å². The molecule has 0 aliphatic rings. The minimum Gasteiger partial charge on any atom is -0.459 e. The highest BCUT2D eigenvalue weighted by Crippen LogP contribution is 2.12. The molecule has 116 valence electrons. The Labute approximate surface area is 123 Å². The number of esters is 1. The summed E-state index contributed by atoms with van der Waals surface area (Å²) < 4.78 is 6.58. The molecule has 0 bridgehead atoms. The van der Waals surface area contributed by atoms with Crippen molar-refractivity contribution in [2.45, 2.75) is 40.2 Å². The summed E-state index contributed by atoms with van der Waals surface area (Å²) in [7, 11) is 1.69. The second kappa shape index (κ2) is 6.07. The minimum atomic E-state index is -0.847. The van der Waals surface area contributed by atoms with Crippen molar-refractivity contribution in [1.82, 2.24) is 15.1 Å². The molecule has 0 aromatic carbocycles. The molecule has 0 aliphatic carbocycles. The Kier molecular flexibility index (Phi) is 4.88. The second-order valence-corrected chi connectivity index (χ2v) is 5.77. The second-order valence-electron chi connectivity index (χ2n) is 5.77.